The number of hydrogen-bond acceptors (Lipinski definition) is 2. The molecule has 0 aromatic rings. The van der Waals surface area contributed by atoms with Crippen molar-refractivity contribution in [3.8, 4) is 0 Å². The Balaban J connectivity index is 2.24. The van der Waals surface area contributed by atoms with E-state index in [0.717, 1.165) is 5.92 Å². The van der Waals surface area contributed by atoms with Crippen LogP contribution in [0, 0.1) is 23.2 Å². The van der Waals surface area contributed by atoms with Gasteiger partial charge >= 0.3 is 0 Å². The quantitative estimate of drug-likeness (QED) is 0.568. The summed E-state index contributed by atoms with van der Waals surface area (Å²) in [4.78, 5) is 0. The van der Waals surface area contributed by atoms with E-state index in [9.17, 15) is 5.11 Å². The number of fused-ring (bicyclic) bond motifs is 2. The molecule has 2 nitrogen and oxygen atoms in total. The molecule has 3 saturated carbocycles. The highest BCUT2D eigenvalue weighted by atomic mass is 16.3. The summed E-state index contributed by atoms with van der Waals surface area (Å²) < 4.78 is 0. The molecule has 3 aliphatic carbocycles. The van der Waals surface area contributed by atoms with Gasteiger partial charge in [0, 0.05) is 6.04 Å². The van der Waals surface area contributed by atoms with E-state index in [0.29, 0.717) is 17.3 Å². The maximum absolute atomic E-state index is 9.87. The molecule has 0 heterocycles. The molecule has 2 bridgehead atoms. The van der Waals surface area contributed by atoms with Gasteiger partial charge in [-0.05, 0) is 29.6 Å². The normalized spacial score (nSPS) is 56.2. The van der Waals surface area contributed by atoms with Gasteiger partial charge in [-0.3, -0.25) is 0 Å². The molecule has 0 unspecified atom stereocenters. The lowest BCUT2D eigenvalue weighted by Crippen LogP contribution is -2.66. The van der Waals surface area contributed by atoms with Crippen LogP contribution in [0.2, 0.25) is 0 Å². The summed E-state index contributed by atoms with van der Waals surface area (Å²) in [6.07, 6.45) is 0.920. The molecule has 3 rings (SSSR count). The molecule has 0 aromatic carbocycles. The Morgan fingerprint density at radius 2 is 1.92 bits per heavy atom. The summed E-state index contributed by atoms with van der Waals surface area (Å²) in [7, 11) is 0. The number of rotatable bonds is 0. The van der Waals surface area contributed by atoms with Crippen molar-refractivity contribution < 1.29 is 5.11 Å². The highest BCUT2D eigenvalue weighted by Gasteiger charge is 2.59. The molecule has 0 aromatic heterocycles. The van der Waals surface area contributed by atoms with Gasteiger partial charge in [0.25, 0.3) is 0 Å². The second-order valence-corrected chi connectivity index (χ2v) is 5.20. The van der Waals surface area contributed by atoms with E-state index in [4.69, 9.17) is 5.73 Å². The first-order valence-corrected chi connectivity index (χ1v) is 4.90. The molecule has 0 radical (unpaired) electrons. The van der Waals surface area contributed by atoms with E-state index in [1.807, 2.05) is 0 Å². The number of aliphatic hydroxyl groups is 1. The summed E-state index contributed by atoms with van der Waals surface area (Å²) in [6, 6.07) is 0.0155. The summed E-state index contributed by atoms with van der Waals surface area (Å²) in [5.74, 6) is 1.68. The van der Waals surface area contributed by atoms with Crippen LogP contribution in [0.15, 0.2) is 0 Å². The Kier molecular flexibility index (Phi) is 1.59. The smallest absolute Gasteiger partial charge is 0.0727 e. The largest absolute Gasteiger partial charge is 0.391 e. The van der Waals surface area contributed by atoms with Crippen LogP contribution in [-0.4, -0.2) is 17.3 Å². The minimum atomic E-state index is -0.264. The van der Waals surface area contributed by atoms with E-state index in [1.165, 1.54) is 6.42 Å². The topological polar surface area (TPSA) is 46.2 Å². The second kappa shape index (κ2) is 2.24. The molecule has 12 heavy (non-hydrogen) atoms. The zero-order chi connectivity index (χ0) is 9.09. The first kappa shape index (κ1) is 8.52. The van der Waals surface area contributed by atoms with E-state index in [2.05, 4.69) is 20.8 Å². The van der Waals surface area contributed by atoms with Crippen molar-refractivity contribution in [1.29, 1.82) is 0 Å². The number of hydrogen-bond donors (Lipinski definition) is 2. The highest BCUT2D eigenvalue weighted by Crippen LogP contribution is 2.60. The van der Waals surface area contributed by atoms with Crippen molar-refractivity contribution >= 4 is 0 Å². The number of nitrogens with two attached hydrogens (primary N) is 1. The molecule has 3 aliphatic rings. The van der Waals surface area contributed by atoms with Gasteiger partial charge in [0.1, 0.15) is 0 Å². The van der Waals surface area contributed by atoms with Gasteiger partial charge in [0.15, 0.2) is 0 Å². The number of aliphatic hydroxyl groups excluding tert-OH is 1. The zero-order valence-electron chi connectivity index (χ0n) is 8.12. The van der Waals surface area contributed by atoms with Gasteiger partial charge in [-0.2, -0.15) is 0 Å². The molecule has 0 aliphatic heterocycles. The SMILES string of the molecule is C[C@@H]1[C@@H](N)[C@H](O)[C@H]2C[C@@H]1C2(C)C. The summed E-state index contributed by atoms with van der Waals surface area (Å²) in [6.45, 7) is 6.70. The first-order chi connectivity index (χ1) is 5.46. The Morgan fingerprint density at radius 3 is 2.33 bits per heavy atom. The Bertz CT molecular complexity index is 184. The minimum Gasteiger partial charge on any atom is -0.391 e. The average molecular weight is 169 g/mol. The van der Waals surface area contributed by atoms with Crippen molar-refractivity contribution in [2.45, 2.75) is 39.3 Å². The molecule has 0 spiro atoms. The molecule has 0 saturated heterocycles. The fourth-order valence-corrected chi connectivity index (χ4v) is 3.31. The predicted molar refractivity (Wildman–Crippen MR) is 48.5 cm³/mol. The van der Waals surface area contributed by atoms with Gasteiger partial charge in [-0.15, -0.1) is 0 Å². The van der Waals surface area contributed by atoms with Crippen LogP contribution < -0.4 is 5.73 Å². The van der Waals surface area contributed by atoms with Crippen molar-refractivity contribution in [2.75, 3.05) is 0 Å². The van der Waals surface area contributed by atoms with Crippen molar-refractivity contribution in [1.82, 2.24) is 0 Å². The van der Waals surface area contributed by atoms with E-state index in [1.54, 1.807) is 0 Å². The van der Waals surface area contributed by atoms with Crippen molar-refractivity contribution in [3.05, 3.63) is 0 Å². The van der Waals surface area contributed by atoms with Crippen molar-refractivity contribution in [2.24, 2.45) is 28.9 Å². The molecule has 3 N–H and O–H groups in total. The van der Waals surface area contributed by atoms with Crippen LogP contribution >= 0.6 is 0 Å². The third-order valence-corrected chi connectivity index (χ3v) is 4.47. The lowest BCUT2D eigenvalue weighted by molar-refractivity contribution is -0.177. The third kappa shape index (κ3) is 0.775. The van der Waals surface area contributed by atoms with Gasteiger partial charge in [0.2, 0.25) is 0 Å². The molecular formula is C10H19NO. The maximum atomic E-state index is 9.87. The first-order valence-electron chi connectivity index (χ1n) is 4.90. The van der Waals surface area contributed by atoms with Crippen LogP contribution in [0.5, 0.6) is 0 Å². The van der Waals surface area contributed by atoms with Gasteiger partial charge in [0.05, 0.1) is 6.10 Å². The van der Waals surface area contributed by atoms with Crippen LogP contribution in [0.4, 0.5) is 0 Å². The van der Waals surface area contributed by atoms with Gasteiger partial charge < -0.3 is 10.8 Å². The summed E-state index contributed by atoms with van der Waals surface area (Å²) in [5.41, 5.74) is 6.24. The molecule has 70 valence electrons. The van der Waals surface area contributed by atoms with Crippen molar-refractivity contribution in [3.63, 3.8) is 0 Å². The zero-order valence-corrected chi connectivity index (χ0v) is 8.12. The second-order valence-electron chi connectivity index (χ2n) is 5.20. The van der Waals surface area contributed by atoms with Crippen LogP contribution in [-0.2, 0) is 0 Å². The maximum Gasteiger partial charge on any atom is 0.0727 e. The molecular weight excluding hydrogens is 150 g/mol. The molecule has 5 atom stereocenters. The fourth-order valence-electron chi connectivity index (χ4n) is 3.31. The van der Waals surface area contributed by atoms with E-state index >= 15 is 0 Å². The van der Waals surface area contributed by atoms with Crippen LogP contribution in [0.3, 0.4) is 0 Å². The average Bonchev–Trinajstić information content (AvgIpc) is 1.98. The van der Waals surface area contributed by atoms with Gasteiger partial charge in [-0.1, -0.05) is 20.8 Å². The molecule has 0 amide bonds. The van der Waals surface area contributed by atoms with Gasteiger partial charge in [-0.25, -0.2) is 0 Å². The minimum absolute atomic E-state index is 0.0155. The lowest BCUT2D eigenvalue weighted by Gasteiger charge is -2.63. The summed E-state index contributed by atoms with van der Waals surface area (Å²) in [5, 5.41) is 9.87. The predicted octanol–water partition coefficient (Wildman–Crippen LogP) is 0.987. The Labute approximate surface area is 74.1 Å². The van der Waals surface area contributed by atoms with Crippen LogP contribution in [0.25, 0.3) is 0 Å². The Morgan fingerprint density at radius 1 is 1.33 bits per heavy atom. The standard InChI is InChI=1S/C10H19NO/c1-5-6-4-7(10(6,2)3)9(12)8(5)11/h5-9,12H,4,11H2,1-3H3/t5-,6-,7+,8+,9+/m0/s1. The highest BCUT2D eigenvalue weighted by molar-refractivity contribution is 5.10. The lowest BCUT2D eigenvalue weighted by atomic mass is 9.44. The third-order valence-electron chi connectivity index (χ3n) is 4.47. The van der Waals surface area contributed by atoms with E-state index < -0.39 is 0 Å². The Hall–Kier alpha value is -0.0800. The monoisotopic (exact) mass is 169 g/mol. The fraction of sp³-hybridized carbons (Fsp3) is 1.00. The molecule has 3 fully saturated rings. The molecule has 2 heteroatoms. The van der Waals surface area contributed by atoms with Crippen LogP contribution in [0.1, 0.15) is 27.2 Å². The van der Waals surface area contributed by atoms with E-state index in [-0.39, 0.29) is 12.1 Å². The summed E-state index contributed by atoms with van der Waals surface area (Å²) >= 11 is 0.